The van der Waals surface area contributed by atoms with Gasteiger partial charge in [-0.25, -0.2) is 0 Å². The van der Waals surface area contributed by atoms with Crippen LogP contribution in [0.2, 0.25) is 0 Å². The molecule has 0 saturated heterocycles. The van der Waals surface area contributed by atoms with E-state index in [1.54, 1.807) is 0 Å². The fourth-order valence-corrected chi connectivity index (χ4v) is 2.01. The zero-order chi connectivity index (χ0) is 12.7. The van der Waals surface area contributed by atoms with E-state index in [4.69, 9.17) is 0 Å². The minimum atomic E-state index is 0.195. The maximum absolute atomic E-state index is 9.17. The lowest BCUT2D eigenvalue weighted by Crippen LogP contribution is -2.33. The summed E-state index contributed by atoms with van der Waals surface area (Å²) in [7, 11) is 0. The summed E-state index contributed by atoms with van der Waals surface area (Å²) in [6.07, 6.45) is 3.29. The second kappa shape index (κ2) is 7.46. The van der Waals surface area contributed by atoms with Gasteiger partial charge in [-0.05, 0) is 30.9 Å². The van der Waals surface area contributed by atoms with Crippen LogP contribution in [-0.4, -0.2) is 17.8 Å². The number of nitrogens with one attached hydrogen (secondary N) is 1. The highest BCUT2D eigenvalue weighted by Gasteiger charge is 2.10. The third kappa shape index (κ3) is 4.49. The zero-order valence-electron chi connectivity index (χ0n) is 11.2. The van der Waals surface area contributed by atoms with Gasteiger partial charge >= 0.3 is 0 Å². The van der Waals surface area contributed by atoms with E-state index in [1.807, 2.05) is 0 Å². The molecule has 1 aromatic carbocycles. The first kappa shape index (κ1) is 14.2. The molecule has 0 amide bonds. The number of benzene rings is 1. The molecule has 2 atom stereocenters. The van der Waals surface area contributed by atoms with Crippen molar-refractivity contribution in [3.8, 4) is 0 Å². The molecule has 0 aromatic heterocycles. The second-order valence-corrected chi connectivity index (χ2v) is 4.67. The first-order valence-electron chi connectivity index (χ1n) is 6.67. The summed E-state index contributed by atoms with van der Waals surface area (Å²) in [6.45, 7) is 6.64. The lowest BCUT2D eigenvalue weighted by molar-refractivity contribution is 0.230. The van der Waals surface area contributed by atoms with Crippen LogP contribution >= 0.6 is 0 Å². The number of rotatable bonds is 7. The third-order valence-electron chi connectivity index (χ3n) is 3.22. The van der Waals surface area contributed by atoms with Crippen molar-refractivity contribution in [1.29, 1.82) is 0 Å². The van der Waals surface area contributed by atoms with Crippen molar-refractivity contribution >= 4 is 0 Å². The van der Waals surface area contributed by atoms with Crippen LogP contribution in [-0.2, 0) is 6.42 Å². The summed E-state index contributed by atoms with van der Waals surface area (Å²) in [5, 5.41) is 12.6. The number of aryl methyl sites for hydroxylation is 1. The Morgan fingerprint density at radius 2 is 1.82 bits per heavy atom. The van der Waals surface area contributed by atoms with Gasteiger partial charge in [0.25, 0.3) is 0 Å². The van der Waals surface area contributed by atoms with Gasteiger partial charge < -0.3 is 10.4 Å². The average molecular weight is 235 g/mol. The Labute approximate surface area is 105 Å². The van der Waals surface area contributed by atoms with Gasteiger partial charge in [-0.1, -0.05) is 44.5 Å². The van der Waals surface area contributed by atoms with Gasteiger partial charge in [-0.15, -0.1) is 0 Å². The molecule has 0 aliphatic carbocycles. The van der Waals surface area contributed by atoms with E-state index in [2.05, 4.69) is 50.4 Å². The van der Waals surface area contributed by atoms with E-state index in [0.29, 0.717) is 6.04 Å². The lowest BCUT2D eigenvalue weighted by Gasteiger charge is -2.21. The number of aliphatic hydroxyl groups is 1. The lowest BCUT2D eigenvalue weighted by atomic mass is 10.0. The van der Waals surface area contributed by atoms with Crippen LogP contribution in [0.3, 0.4) is 0 Å². The summed E-state index contributed by atoms with van der Waals surface area (Å²) in [5.74, 6) is 0. The summed E-state index contributed by atoms with van der Waals surface area (Å²) in [4.78, 5) is 0. The molecule has 2 nitrogen and oxygen atoms in total. The fraction of sp³-hybridized carbons (Fsp3) is 0.600. The van der Waals surface area contributed by atoms with Crippen LogP contribution < -0.4 is 5.32 Å². The van der Waals surface area contributed by atoms with Gasteiger partial charge in [-0.2, -0.15) is 0 Å². The molecule has 2 N–H and O–H groups in total. The molecule has 0 saturated carbocycles. The number of hydrogen-bond acceptors (Lipinski definition) is 2. The quantitative estimate of drug-likeness (QED) is 0.761. The van der Waals surface area contributed by atoms with Gasteiger partial charge in [0.15, 0.2) is 0 Å². The molecule has 1 aromatic rings. The molecule has 0 radical (unpaired) electrons. The summed E-state index contributed by atoms with van der Waals surface area (Å²) in [6, 6.07) is 9.27. The topological polar surface area (TPSA) is 32.3 Å². The Morgan fingerprint density at radius 3 is 2.29 bits per heavy atom. The third-order valence-corrected chi connectivity index (χ3v) is 3.22. The first-order chi connectivity index (χ1) is 8.21. The summed E-state index contributed by atoms with van der Waals surface area (Å²) < 4.78 is 0. The molecule has 1 unspecified atom stereocenters. The monoisotopic (exact) mass is 235 g/mol. The van der Waals surface area contributed by atoms with Crippen molar-refractivity contribution in [3.63, 3.8) is 0 Å². The van der Waals surface area contributed by atoms with Crippen molar-refractivity contribution in [1.82, 2.24) is 5.32 Å². The number of hydrogen-bond donors (Lipinski definition) is 2. The fourth-order valence-electron chi connectivity index (χ4n) is 2.01. The number of aliphatic hydroxyl groups excluding tert-OH is 1. The summed E-state index contributed by atoms with van der Waals surface area (Å²) in [5.41, 5.74) is 2.69. The molecule has 0 heterocycles. The van der Waals surface area contributed by atoms with Crippen LogP contribution in [0.4, 0.5) is 0 Å². The van der Waals surface area contributed by atoms with Crippen LogP contribution in [0.25, 0.3) is 0 Å². The predicted octanol–water partition coefficient (Wildman–Crippen LogP) is 3.06. The Bertz CT molecular complexity index is 303. The van der Waals surface area contributed by atoms with E-state index >= 15 is 0 Å². The predicted molar refractivity (Wildman–Crippen MR) is 73.2 cm³/mol. The largest absolute Gasteiger partial charge is 0.395 e. The molecule has 17 heavy (non-hydrogen) atoms. The van der Waals surface area contributed by atoms with E-state index < -0.39 is 0 Å². The van der Waals surface area contributed by atoms with Gasteiger partial charge in [0.1, 0.15) is 0 Å². The van der Waals surface area contributed by atoms with Gasteiger partial charge in [0.05, 0.1) is 6.61 Å². The van der Waals surface area contributed by atoms with E-state index in [0.717, 1.165) is 12.8 Å². The molecule has 2 heteroatoms. The Hall–Kier alpha value is -0.860. The summed E-state index contributed by atoms with van der Waals surface area (Å²) >= 11 is 0. The van der Waals surface area contributed by atoms with Crippen LogP contribution in [0.1, 0.15) is 50.8 Å². The van der Waals surface area contributed by atoms with Crippen molar-refractivity contribution in [2.45, 2.75) is 52.1 Å². The highest BCUT2D eigenvalue weighted by atomic mass is 16.3. The van der Waals surface area contributed by atoms with Crippen molar-refractivity contribution in [2.24, 2.45) is 0 Å². The first-order valence-corrected chi connectivity index (χ1v) is 6.67. The normalized spacial score (nSPS) is 14.6. The van der Waals surface area contributed by atoms with E-state index in [1.165, 1.54) is 17.5 Å². The van der Waals surface area contributed by atoms with Gasteiger partial charge in [0.2, 0.25) is 0 Å². The minimum absolute atomic E-state index is 0.195. The van der Waals surface area contributed by atoms with Crippen molar-refractivity contribution in [3.05, 3.63) is 35.4 Å². The van der Waals surface area contributed by atoms with Crippen LogP contribution in [0, 0.1) is 0 Å². The van der Waals surface area contributed by atoms with Crippen LogP contribution in [0.15, 0.2) is 24.3 Å². The van der Waals surface area contributed by atoms with E-state index in [-0.39, 0.29) is 12.6 Å². The molecule has 0 bridgehead atoms. The Kier molecular flexibility index (Phi) is 6.23. The molecular formula is C15H25NO. The standard InChI is InChI=1S/C15H25NO/c1-4-6-13-7-9-14(10-8-13)12(3)16-15(5-2)11-17/h7-10,12,15-17H,4-6,11H2,1-3H3/t12?,15-/m0/s1. The van der Waals surface area contributed by atoms with Crippen LogP contribution in [0.5, 0.6) is 0 Å². The Balaban J connectivity index is 2.59. The zero-order valence-corrected chi connectivity index (χ0v) is 11.2. The maximum atomic E-state index is 9.17. The van der Waals surface area contributed by atoms with Gasteiger partial charge in [0, 0.05) is 12.1 Å². The minimum Gasteiger partial charge on any atom is -0.395 e. The average Bonchev–Trinajstić information content (AvgIpc) is 2.37. The smallest absolute Gasteiger partial charge is 0.0584 e. The molecular weight excluding hydrogens is 210 g/mol. The van der Waals surface area contributed by atoms with Crippen molar-refractivity contribution in [2.75, 3.05) is 6.61 Å². The molecule has 1 rings (SSSR count). The molecule has 0 fully saturated rings. The molecule has 96 valence electrons. The molecule has 0 aliphatic heterocycles. The van der Waals surface area contributed by atoms with Crippen molar-refractivity contribution < 1.29 is 5.11 Å². The molecule has 0 aliphatic rings. The second-order valence-electron chi connectivity index (χ2n) is 4.67. The highest BCUT2D eigenvalue weighted by molar-refractivity contribution is 5.24. The SMILES string of the molecule is CCCc1ccc(C(C)N[C@@H](CC)CO)cc1. The molecule has 0 spiro atoms. The highest BCUT2D eigenvalue weighted by Crippen LogP contribution is 2.15. The Morgan fingerprint density at radius 1 is 1.18 bits per heavy atom. The maximum Gasteiger partial charge on any atom is 0.0584 e. The van der Waals surface area contributed by atoms with E-state index in [9.17, 15) is 5.11 Å². The van der Waals surface area contributed by atoms with Gasteiger partial charge in [-0.3, -0.25) is 0 Å².